The van der Waals surface area contributed by atoms with Gasteiger partial charge in [0.1, 0.15) is 17.7 Å². The lowest BCUT2D eigenvalue weighted by molar-refractivity contribution is -0.140. The van der Waals surface area contributed by atoms with E-state index in [0.717, 1.165) is 11.4 Å². The van der Waals surface area contributed by atoms with E-state index in [9.17, 15) is 9.18 Å². The summed E-state index contributed by atoms with van der Waals surface area (Å²) < 4.78 is 21.4. The van der Waals surface area contributed by atoms with E-state index in [4.69, 9.17) is 21.3 Å². The van der Waals surface area contributed by atoms with Gasteiger partial charge < -0.3 is 9.30 Å². The molecule has 0 saturated heterocycles. The summed E-state index contributed by atoms with van der Waals surface area (Å²) in [5.74, 6) is -0.00629. The number of ether oxygens (including phenoxy) is 1. The Kier molecular flexibility index (Phi) is 5.20. The number of carbonyl (C=O) groups is 1. The highest BCUT2D eigenvalue weighted by Gasteiger charge is 2.28. The molecule has 0 N–H and O–H groups in total. The molecular formula is C22H19ClFN3O2. The Morgan fingerprint density at radius 2 is 2.03 bits per heavy atom. The third kappa shape index (κ3) is 3.68. The molecule has 7 heteroatoms. The standard InChI is InChI=1S/C22H19ClFN3O2/c1-13-12-27-19-9-7-14(23)11-16(19)21(15-5-3-4-6-17(15)24)26-18(22(27)25-13)8-10-20(28)29-2/h3-7,9,11-12,18H,8,10H2,1-2H3/t18-/m0/s1. The number of aryl methyl sites for hydroxylation is 1. The zero-order chi connectivity index (χ0) is 20.5. The van der Waals surface area contributed by atoms with Gasteiger partial charge in [-0.2, -0.15) is 0 Å². The molecule has 148 valence electrons. The molecule has 1 atom stereocenters. The summed E-state index contributed by atoms with van der Waals surface area (Å²) in [6, 6.07) is 11.5. The van der Waals surface area contributed by atoms with Crippen molar-refractivity contribution in [1.29, 1.82) is 0 Å². The van der Waals surface area contributed by atoms with Crippen molar-refractivity contribution >= 4 is 23.3 Å². The first-order chi connectivity index (χ1) is 14.0. The summed E-state index contributed by atoms with van der Waals surface area (Å²) in [6.45, 7) is 1.90. The lowest BCUT2D eigenvalue weighted by atomic mass is 9.99. The highest BCUT2D eigenvalue weighted by atomic mass is 35.5. The smallest absolute Gasteiger partial charge is 0.305 e. The Morgan fingerprint density at radius 1 is 1.24 bits per heavy atom. The van der Waals surface area contributed by atoms with Gasteiger partial charge in [0, 0.05) is 28.8 Å². The summed E-state index contributed by atoms with van der Waals surface area (Å²) in [4.78, 5) is 21.3. The molecule has 0 aliphatic carbocycles. The summed E-state index contributed by atoms with van der Waals surface area (Å²) in [7, 11) is 1.35. The van der Waals surface area contributed by atoms with Gasteiger partial charge in [-0.15, -0.1) is 0 Å². The van der Waals surface area contributed by atoms with Crippen molar-refractivity contribution in [3.8, 4) is 5.69 Å². The average molecular weight is 412 g/mol. The molecule has 1 aliphatic rings. The van der Waals surface area contributed by atoms with E-state index in [-0.39, 0.29) is 18.2 Å². The topological polar surface area (TPSA) is 56.5 Å². The van der Waals surface area contributed by atoms with Crippen LogP contribution in [-0.2, 0) is 9.53 Å². The van der Waals surface area contributed by atoms with Crippen LogP contribution in [0.1, 0.15) is 41.5 Å². The van der Waals surface area contributed by atoms with E-state index in [0.29, 0.717) is 34.1 Å². The van der Waals surface area contributed by atoms with Gasteiger partial charge in [0.15, 0.2) is 0 Å². The number of aliphatic imine (C=N–C) groups is 1. The molecular weight excluding hydrogens is 393 g/mol. The number of halogens is 2. The molecule has 0 radical (unpaired) electrons. The van der Waals surface area contributed by atoms with Crippen molar-refractivity contribution in [2.24, 2.45) is 4.99 Å². The van der Waals surface area contributed by atoms with Crippen molar-refractivity contribution in [3.63, 3.8) is 0 Å². The van der Waals surface area contributed by atoms with Gasteiger partial charge >= 0.3 is 5.97 Å². The average Bonchev–Trinajstić information content (AvgIpc) is 3.05. The molecule has 2 aromatic carbocycles. The Labute approximate surface area is 172 Å². The first kappa shape index (κ1) is 19.3. The van der Waals surface area contributed by atoms with Crippen LogP contribution in [0.5, 0.6) is 0 Å². The zero-order valence-electron chi connectivity index (χ0n) is 16.0. The molecule has 0 fully saturated rings. The number of imidazole rings is 1. The molecule has 1 aliphatic heterocycles. The number of aromatic nitrogens is 2. The van der Waals surface area contributed by atoms with Gasteiger partial charge in [-0.05, 0) is 43.7 Å². The van der Waals surface area contributed by atoms with Crippen LogP contribution in [0.4, 0.5) is 4.39 Å². The molecule has 0 unspecified atom stereocenters. The monoisotopic (exact) mass is 411 g/mol. The maximum Gasteiger partial charge on any atom is 0.305 e. The van der Waals surface area contributed by atoms with Crippen LogP contribution in [0.15, 0.2) is 53.7 Å². The largest absolute Gasteiger partial charge is 0.469 e. The SMILES string of the molecule is COC(=O)CC[C@@H]1N=C(c2ccccc2F)c2cc(Cl)ccc2-n2cc(C)nc21. The third-order valence-corrected chi connectivity index (χ3v) is 5.12. The Bertz CT molecular complexity index is 1120. The van der Waals surface area contributed by atoms with Gasteiger partial charge in [0.05, 0.1) is 24.2 Å². The summed E-state index contributed by atoms with van der Waals surface area (Å²) in [5.41, 5.74) is 3.21. The van der Waals surface area contributed by atoms with E-state index in [1.54, 1.807) is 30.3 Å². The summed E-state index contributed by atoms with van der Waals surface area (Å²) >= 11 is 6.28. The number of rotatable bonds is 4. The third-order valence-electron chi connectivity index (χ3n) is 4.89. The summed E-state index contributed by atoms with van der Waals surface area (Å²) in [6.07, 6.45) is 2.48. The fourth-order valence-electron chi connectivity index (χ4n) is 3.55. The predicted molar refractivity (Wildman–Crippen MR) is 109 cm³/mol. The maximum absolute atomic E-state index is 14.7. The number of nitrogens with zero attached hydrogens (tertiary/aromatic N) is 3. The molecule has 1 aromatic heterocycles. The minimum Gasteiger partial charge on any atom is -0.469 e. The molecule has 4 rings (SSSR count). The van der Waals surface area contributed by atoms with Crippen LogP contribution in [0.25, 0.3) is 5.69 Å². The minimum absolute atomic E-state index is 0.179. The van der Waals surface area contributed by atoms with Gasteiger partial charge in [-0.25, -0.2) is 9.37 Å². The van der Waals surface area contributed by atoms with Crippen LogP contribution in [-0.4, -0.2) is 28.3 Å². The number of methoxy groups -OCH3 is 1. The number of hydrogen-bond acceptors (Lipinski definition) is 4. The lowest BCUT2D eigenvalue weighted by Gasteiger charge is -2.12. The molecule has 0 spiro atoms. The fourth-order valence-corrected chi connectivity index (χ4v) is 3.73. The second kappa shape index (κ2) is 7.79. The molecule has 29 heavy (non-hydrogen) atoms. The Morgan fingerprint density at radius 3 is 2.79 bits per heavy atom. The quantitative estimate of drug-likeness (QED) is 0.578. The van der Waals surface area contributed by atoms with Gasteiger partial charge in [0.25, 0.3) is 0 Å². The van der Waals surface area contributed by atoms with Gasteiger partial charge in [-0.1, -0.05) is 23.7 Å². The highest BCUT2D eigenvalue weighted by Crippen LogP contribution is 2.34. The van der Waals surface area contributed by atoms with Crippen molar-refractivity contribution in [2.75, 3.05) is 7.11 Å². The van der Waals surface area contributed by atoms with E-state index in [1.165, 1.54) is 13.2 Å². The van der Waals surface area contributed by atoms with Crippen LogP contribution in [0.2, 0.25) is 5.02 Å². The normalized spacial score (nSPS) is 15.2. The minimum atomic E-state index is -0.441. The van der Waals surface area contributed by atoms with E-state index in [2.05, 4.69) is 4.98 Å². The second-order valence-corrected chi connectivity index (χ2v) is 7.30. The first-order valence-corrected chi connectivity index (χ1v) is 9.61. The number of benzene rings is 2. The number of esters is 1. The maximum atomic E-state index is 14.7. The van der Waals surface area contributed by atoms with Crippen molar-refractivity contribution in [3.05, 3.63) is 82.1 Å². The van der Waals surface area contributed by atoms with Gasteiger partial charge in [0.2, 0.25) is 0 Å². The zero-order valence-corrected chi connectivity index (χ0v) is 16.8. The number of hydrogen-bond donors (Lipinski definition) is 0. The molecule has 0 saturated carbocycles. The Balaban J connectivity index is 1.95. The predicted octanol–water partition coefficient (Wildman–Crippen LogP) is 4.82. The summed E-state index contributed by atoms with van der Waals surface area (Å²) in [5, 5.41) is 0.527. The van der Waals surface area contributed by atoms with Crippen LogP contribution in [0, 0.1) is 12.7 Å². The van der Waals surface area contributed by atoms with Crippen molar-refractivity contribution in [1.82, 2.24) is 9.55 Å². The fraction of sp³-hybridized carbons (Fsp3) is 0.227. The number of carbonyl (C=O) groups excluding carboxylic acids is 1. The van der Waals surface area contributed by atoms with E-state index in [1.807, 2.05) is 23.8 Å². The highest BCUT2D eigenvalue weighted by molar-refractivity contribution is 6.31. The lowest BCUT2D eigenvalue weighted by Crippen LogP contribution is -2.10. The van der Waals surface area contributed by atoms with Crippen molar-refractivity contribution in [2.45, 2.75) is 25.8 Å². The molecule has 0 amide bonds. The van der Waals surface area contributed by atoms with E-state index < -0.39 is 6.04 Å². The number of fused-ring (bicyclic) bond motifs is 3. The van der Waals surface area contributed by atoms with E-state index >= 15 is 0 Å². The van der Waals surface area contributed by atoms with Crippen LogP contribution in [0.3, 0.4) is 0 Å². The Hall–Kier alpha value is -2.99. The van der Waals surface area contributed by atoms with Gasteiger partial charge in [-0.3, -0.25) is 9.79 Å². The first-order valence-electron chi connectivity index (χ1n) is 9.23. The van der Waals surface area contributed by atoms with Crippen LogP contribution < -0.4 is 0 Å². The molecule has 5 nitrogen and oxygen atoms in total. The molecule has 0 bridgehead atoms. The second-order valence-electron chi connectivity index (χ2n) is 6.86. The van der Waals surface area contributed by atoms with Crippen molar-refractivity contribution < 1.29 is 13.9 Å². The van der Waals surface area contributed by atoms with Crippen LogP contribution >= 0.6 is 11.6 Å². The molecule has 3 aromatic rings. The molecule has 2 heterocycles.